The van der Waals surface area contributed by atoms with Gasteiger partial charge in [-0.2, -0.15) is 0 Å². The molecule has 20 heavy (non-hydrogen) atoms. The maximum absolute atomic E-state index is 12.5. The second kappa shape index (κ2) is 5.65. The van der Waals surface area contributed by atoms with Crippen LogP contribution >= 0.6 is 0 Å². The molecule has 0 fully saturated rings. The summed E-state index contributed by atoms with van der Waals surface area (Å²) in [5, 5.41) is 0. The summed E-state index contributed by atoms with van der Waals surface area (Å²) in [4.78, 5) is 14.1. The maximum Gasteiger partial charge on any atom is 0.258 e. The number of para-hydroxylation sites is 1. The van der Waals surface area contributed by atoms with Gasteiger partial charge in [-0.3, -0.25) is 4.79 Å². The molecule has 4 nitrogen and oxygen atoms in total. The number of nitrogens with zero attached hydrogens (tertiary/aromatic N) is 1. The van der Waals surface area contributed by atoms with E-state index in [1.54, 1.807) is 37.3 Å². The number of methoxy groups -OCH3 is 1. The van der Waals surface area contributed by atoms with Crippen molar-refractivity contribution in [3.63, 3.8) is 0 Å². The Morgan fingerprint density at radius 3 is 2.50 bits per heavy atom. The molecular formula is C16H18N2O2. The van der Waals surface area contributed by atoms with Crippen LogP contribution in [0.3, 0.4) is 0 Å². The lowest BCUT2D eigenvalue weighted by atomic mass is 10.1. The molecule has 0 aliphatic heterocycles. The van der Waals surface area contributed by atoms with Crippen molar-refractivity contribution in [2.75, 3.05) is 24.8 Å². The molecule has 2 N–H and O–H groups in total. The minimum absolute atomic E-state index is 0.103. The molecule has 2 aromatic rings. The molecule has 104 valence electrons. The van der Waals surface area contributed by atoms with Crippen LogP contribution in [0.2, 0.25) is 0 Å². The Hall–Kier alpha value is -2.49. The Bertz CT molecular complexity index is 638. The number of nitrogens with two attached hydrogens (primary N) is 1. The highest BCUT2D eigenvalue weighted by Crippen LogP contribution is 2.25. The lowest BCUT2D eigenvalue weighted by molar-refractivity contribution is 0.0993. The monoisotopic (exact) mass is 270 g/mol. The van der Waals surface area contributed by atoms with Gasteiger partial charge in [0.05, 0.1) is 12.8 Å². The number of rotatable bonds is 3. The summed E-state index contributed by atoms with van der Waals surface area (Å²) in [6, 6.07) is 12.8. The highest BCUT2D eigenvalue weighted by atomic mass is 16.5. The number of benzene rings is 2. The van der Waals surface area contributed by atoms with Crippen LogP contribution in [-0.4, -0.2) is 20.1 Å². The Labute approximate surface area is 118 Å². The van der Waals surface area contributed by atoms with E-state index >= 15 is 0 Å². The molecular weight excluding hydrogens is 252 g/mol. The van der Waals surface area contributed by atoms with Gasteiger partial charge < -0.3 is 15.4 Å². The first-order valence-corrected chi connectivity index (χ1v) is 6.31. The third-order valence-corrected chi connectivity index (χ3v) is 3.26. The summed E-state index contributed by atoms with van der Waals surface area (Å²) >= 11 is 0. The van der Waals surface area contributed by atoms with Crippen LogP contribution in [0.4, 0.5) is 11.4 Å². The molecule has 0 unspecified atom stereocenters. The van der Waals surface area contributed by atoms with Gasteiger partial charge in [0.2, 0.25) is 0 Å². The second-order valence-electron chi connectivity index (χ2n) is 4.61. The topological polar surface area (TPSA) is 55.6 Å². The normalized spacial score (nSPS) is 10.2. The molecule has 4 heteroatoms. The van der Waals surface area contributed by atoms with E-state index in [9.17, 15) is 4.79 Å². The molecule has 0 saturated heterocycles. The molecule has 0 aromatic heterocycles. The summed E-state index contributed by atoms with van der Waals surface area (Å²) in [6.07, 6.45) is 0. The third kappa shape index (κ3) is 2.59. The van der Waals surface area contributed by atoms with E-state index in [4.69, 9.17) is 10.5 Å². The fourth-order valence-electron chi connectivity index (χ4n) is 2.11. The maximum atomic E-state index is 12.5. The first-order valence-electron chi connectivity index (χ1n) is 6.31. The minimum atomic E-state index is -0.103. The van der Waals surface area contributed by atoms with Gasteiger partial charge in [0.15, 0.2) is 0 Å². The molecule has 0 spiro atoms. The van der Waals surface area contributed by atoms with Crippen molar-refractivity contribution in [1.82, 2.24) is 0 Å². The quantitative estimate of drug-likeness (QED) is 0.872. The number of carbonyl (C=O) groups excluding carboxylic acids is 1. The number of hydrogen-bond acceptors (Lipinski definition) is 3. The average molecular weight is 270 g/mol. The Kier molecular flexibility index (Phi) is 3.94. The lowest BCUT2D eigenvalue weighted by Gasteiger charge is -2.20. The molecule has 0 saturated carbocycles. The fourth-order valence-corrected chi connectivity index (χ4v) is 2.11. The zero-order chi connectivity index (χ0) is 14.7. The molecule has 0 aliphatic rings. The molecule has 0 aliphatic carbocycles. The number of ether oxygens (including phenoxy) is 1. The van der Waals surface area contributed by atoms with Crippen LogP contribution in [0.5, 0.6) is 5.75 Å². The van der Waals surface area contributed by atoms with Crippen LogP contribution in [0.1, 0.15) is 15.9 Å². The number of amides is 1. The number of aryl methyl sites for hydroxylation is 1. The number of hydrogen-bond donors (Lipinski definition) is 1. The third-order valence-electron chi connectivity index (χ3n) is 3.26. The standard InChI is InChI=1S/C16H18N2O2/c1-11-6-4-5-7-14(11)18(2)16(19)12-8-9-15(20-3)13(17)10-12/h4-10H,17H2,1-3H3. The highest BCUT2D eigenvalue weighted by molar-refractivity contribution is 6.06. The van der Waals surface area contributed by atoms with E-state index in [0.29, 0.717) is 17.0 Å². The van der Waals surface area contributed by atoms with Gasteiger partial charge in [-0.05, 0) is 36.8 Å². The summed E-state index contributed by atoms with van der Waals surface area (Å²) in [7, 11) is 3.30. The van der Waals surface area contributed by atoms with E-state index in [-0.39, 0.29) is 5.91 Å². The van der Waals surface area contributed by atoms with Crippen molar-refractivity contribution in [3.05, 3.63) is 53.6 Å². The second-order valence-corrected chi connectivity index (χ2v) is 4.61. The van der Waals surface area contributed by atoms with E-state index in [1.807, 2.05) is 31.2 Å². The molecule has 0 heterocycles. The zero-order valence-corrected chi connectivity index (χ0v) is 11.9. The summed E-state index contributed by atoms with van der Waals surface area (Å²) in [6.45, 7) is 1.97. The summed E-state index contributed by atoms with van der Waals surface area (Å²) < 4.78 is 5.09. The van der Waals surface area contributed by atoms with E-state index in [0.717, 1.165) is 11.3 Å². The smallest absolute Gasteiger partial charge is 0.258 e. The van der Waals surface area contributed by atoms with Gasteiger partial charge in [0.25, 0.3) is 5.91 Å². The predicted octanol–water partition coefficient (Wildman–Crippen LogP) is 2.86. The minimum Gasteiger partial charge on any atom is -0.495 e. The SMILES string of the molecule is COc1ccc(C(=O)N(C)c2ccccc2C)cc1N. The fraction of sp³-hybridized carbons (Fsp3) is 0.188. The molecule has 0 radical (unpaired) electrons. The van der Waals surface area contributed by atoms with E-state index < -0.39 is 0 Å². The Morgan fingerprint density at radius 1 is 1.20 bits per heavy atom. The zero-order valence-electron chi connectivity index (χ0n) is 11.9. The lowest BCUT2D eigenvalue weighted by Crippen LogP contribution is -2.26. The number of nitrogen functional groups attached to an aromatic ring is 1. The highest BCUT2D eigenvalue weighted by Gasteiger charge is 2.16. The first-order chi connectivity index (χ1) is 9.54. The largest absolute Gasteiger partial charge is 0.495 e. The van der Waals surface area contributed by atoms with Crippen molar-refractivity contribution >= 4 is 17.3 Å². The van der Waals surface area contributed by atoms with Crippen molar-refractivity contribution < 1.29 is 9.53 Å². The van der Waals surface area contributed by atoms with Gasteiger partial charge >= 0.3 is 0 Å². The number of anilines is 2. The van der Waals surface area contributed by atoms with Crippen molar-refractivity contribution in [2.24, 2.45) is 0 Å². The van der Waals surface area contributed by atoms with Crippen LogP contribution in [0.15, 0.2) is 42.5 Å². The Balaban J connectivity index is 2.32. The van der Waals surface area contributed by atoms with Crippen LogP contribution in [0, 0.1) is 6.92 Å². The average Bonchev–Trinajstić information content (AvgIpc) is 2.46. The van der Waals surface area contributed by atoms with E-state index in [2.05, 4.69) is 0 Å². The van der Waals surface area contributed by atoms with Gasteiger partial charge in [0, 0.05) is 18.3 Å². The van der Waals surface area contributed by atoms with Crippen molar-refractivity contribution in [2.45, 2.75) is 6.92 Å². The van der Waals surface area contributed by atoms with Crippen molar-refractivity contribution in [3.8, 4) is 5.75 Å². The predicted molar refractivity (Wildman–Crippen MR) is 81.3 cm³/mol. The molecule has 2 aromatic carbocycles. The summed E-state index contributed by atoms with van der Waals surface area (Å²) in [5.41, 5.74) is 8.76. The van der Waals surface area contributed by atoms with Gasteiger partial charge in [-0.15, -0.1) is 0 Å². The van der Waals surface area contributed by atoms with Crippen LogP contribution < -0.4 is 15.4 Å². The Morgan fingerprint density at radius 2 is 1.90 bits per heavy atom. The van der Waals surface area contributed by atoms with Gasteiger partial charge in [-0.1, -0.05) is 18.2 Å². The molecule has 0 atom stereocenters. The molecule has 0 bridgehead atoms. The molecule has 2 rings (SSSR count). The van der Waals surface area contributed by atoms with Gasteiger partial charge in [0.1, 0.15) is 5.75 Å². The summed E-state index contributed by atoms with van der Waals surface area (Å²) in [5.74, 6) is 0.466. The van der Waals surface area contributed by atoms with E-state index in [1.165, 1.54) is 0 Å². The molecule has 1 amide bonds. The number of carbonyl (C=O) groups is 1. The van der Waals surface area contributed by atoms with Crippen molar-refractivity contribution in [1.29, 1.82) is 0 Å². The first kappa shape index (κ1) is 13.9. The van der Waals surface area contributed by atoms with Crippen LogP contribution in [0.25, 0.3) is 0 Å². The van der Waals surface area contributed by atoms with Crippen LogP contribution in [-0.2, 0) is 0 Å². The van der Waals surface area contributed by atoms with Gasteiger partial charge in [-0.25, -0.2) is 0 Å².